The lowest BCUT2D eigenvalue weighted by atomic mass is 10.0. The SMILES string of the molecule is CC(C)N(C[C@@H]1CCCN1)S(=O)(=O)c1ccc2[nH]c(=O)c3[nH]cc(CCCC(=O)O)c3c2c1.Cl. The molecule has 4 rings (SSSR count). The van der Waals surface area contributed by atoms with E-state index < -0.39 is 16.0 Å². The zero-order valence-electron chi connectivity index (χ0n) is 19.3. The highest BCUT2D eigenvalue weighted by Crippen LogP contribution is 2.29. The van der Waals surface area contributed by atoms with Crippen molar-refractivity contribution >= 4 is 50.2 Å². The fourth-order valence-electron chi connectivity index (χ4n) is 4.61. The number of nitrogens with one attached hydrogen (secondary N) is 3. The van der Waals surface area contributed by atoms with Gasteiger partial charge in [0, 0.05) is 47.5 Å². The van der Waals surface area contributed by atoms with Gasteiger partial charge in [-0.05, 0) is 69.8 Å². The van der Waals surface area contributed by atoms with E-state index in [2.05, 4.69) is 15.3 Å². The van der Waals surface area contributed by atoms with Gasteiger partial charge in [-0.25, -0.2) is 8.42 Å². The Kier molecular flexibility index (Phi) is 8.07. The van der Waals surface area contributed by atoms with Crippen molar-refractivity contribution < 1.29 is 18.3 Å². The van der Waals surface area contributed by atoms with Gasteiger partial charge in [0.25, 0.3) is 5.56 Å². The number of aromatic nitrogens is 2. The molecule has 0 unspecified atom stereocenters. The van der Waals surface area contributed by atoms with Gasteiger partial charge in [0.05, 0.1) is 4.90 Å². The first-order valence-corrected chi connectivity index (χ1v) is 12.8. The van der Waals surface area contributed by atoms with E-state index in [1.807, 2.05) is 13.8 Å². The van der Waals surface area contributed by atoms with Crippen molar-refractivity contribution in [3.8, 4) is 0 Å². The van der Waals surface area contributed by atoms with Crippen LogP contribution >= 0.6 is 12.4 Å². The average molecular weight is 511 g/mol. The molecule has 0 saturated carbocycles. The summed E-state index contributed by atoms with van der Waals surface area (Å²) in [5, 5.41) is 13.6. The molecule has 2 aromatic heterocycles. The normalized spacial score (nSPS) is 16.5. The van der Waals surface area contributed by atoms with Crippen molar-refractivity contribution in [1.82, 2.24) is 19.6 Å². The summed E-state index contributed by atoms with van der Waals surface area (Å²) in [7, 11) is -3.77. The maximum Gasteiger partial charge on any atom is 0.303 e. The summed E-state index contributed by atoms with van der Waals surface area (Å²) in [5.41, 5.74) is 1.40. The van der Waals surface area contributed by atoms with Crippen LogP contribution in [0.5, 0.6) is 0 Å². The van der Waals surface area contributed by atoms with Gasteiger partial charge >= 0.3 is 5.97 Å². The summed E-state index contributed by atoms with van der Waals surface area (Å²) in [6, 6.07) is 4.71. The number of aromatic amines is 2. The summed E-state index contributed by atoms with van der Waals surface area (Å²) in [6.45, 7) is 5.05. The highest BCUT2D eigenvalue weighted by Gasteiger charge is 2.31. The summed E-state index contributed by atoms with van der Waals surface area (Å²) in [6.07, 6.45) is 4.59. The van der Waals surface area contributed by atoms with E-state index in [0.717, 1.165) is 24.9 Å². The van der Waals surface area contributed by atoms with Gasteiger partial charge in [0.15, 0.2) is 0 Å². The van der Waals surface area contributed by atoms with Crippen LogP contribution in [-0.4, -0.2) is 58.9 Å². The molecule has 1 fully saturated rings. The van der Waals surface area contributed by atoms with Gasteiger partial charge in [-0.3, -0.25) is 9.59 Å². The largest absolute Gasteiger partial charge is 0.481 e. The van der Waals surface area contributed by atoms with Gasteiger partial charge in [0.1, 0.15) is 5.52 Å². The van der Waals surface area contributed by atoms with Crippen LogP contribution < -0.4 is 10.9 Å². The molecule has 1 saturated heterocycles. The Balaban J connectivity index is 0.00000324. The molecule has 0 amide bonds. The minimum Gasteiger partial charge on any atom is -0.481 e. The maximum absolute atomic E-state index is 13.6. The van der Waals surface area contributed by atoms with E-state index in [4.69, 9.17) is 5.11 Å². The minimum absolute atomic E-state index is 0. The summed E-state index contributed by atoms with van der Waals surface area (Å²) in [4.78, 5) is 29.4. The number of aryl methyl sites for hydroxylation is 1. The topological polar surface area (TPSA) is 135 Å². The van der Waals surface area contributed by atoms with Crippen LogP contribution in [-0.2, 0) is 21.2 Å². The monoisotopic (exact) mass is 510 g/mol. The first-order chi connectivity index (χ1) is 15.7. The van der Waals surface area contributed by atoms with Gasteiger partial charge in [0.2, 0.25) is 10.0 Å². The van der Waals surface area contributed by atoms with E-state index in [9.17, 15) is 18.0 Å². The van der Waals surface area contributed by atoms with Gasteiger partial charge in [-0.15, -0.1) is 12.4 Å². The lowest BCUT2D eigenvalue weighted by Crippen LogP contribution is -2.44. The molecule has 11 heteroatoms. The smallest absolute Gasteiger partial charge is 0.303 e. The molecule has 1 aliphatic heterocycles. The first kappa shape index (κ1) is 26.2. The maximum atomic E-state index is 13.6. The van der Waals surface area contributed by atoms with Crippen molar-refractivity contribution in [3.05, 3.63) is 40.3 Å². The van der Waals surface area contributed by atoms with Gasteiger partial charge < -0.3 is 20.4 Å². The lowest BCUT2D eigenvalue weighted by Gasteiger charge is -2.28. The summed E-state index contributed by atoms with van der Waals surface area (Å²) >= 11 is 0. The van der Waals surface area contributed by atoms with Crippen molar-refractivity contribution in [2.24, 2.45) is 0 Å². The van der Waals surface area contributed by atoms with Crippen molar-refractivity contribution in [2.45, 2.75) is 62.9 Å². The Labute approximate surface area is 204 Å². The molecule has 0 bridgehead atoms. The van der Waals surface area contributed by atoms with E-state index in [1.165, 1.54) is 10.4 Å². The molecule has 4 N–H and O–H groups in total. The molecule has 34 heavy (non-hydrogen) atoms. The second-order valence-electron chi connectivity index (χ2n) is 8.93. The number of fused-ring (bicyclic) bond motifs is 3. The second-order valence-corrected chi connectivity index (χ2v) is 10.8. The molecule has 1 aliphatic rings. The molecule has 1 atom stereocenters. The number of H-pyrrole nitrogens is 2. The van der Waals surface area contributed by atoms with Crippen molar-refractivity contribution in [3.63, 3.8) is 0 Å². The summed E-state index contributed by atoms with van der Waals surface area (Å²) in [5.74, 6) is -0.878. The number of rotatable bonds is 9. The minimum atomic E-state index is -3.77. The Morgan fingerprint density at radius 2 is 2.06 bits per heavy atom. The average Bonchev–Trinajstić information content (AvgIpc) is 3.42. The number of halogens is 1. The highest BCUT2D eigenvalue weighted by atomic mass is 35.5. The molecular weight excluding hydrogens is 480 g/mol. The number of benzene rings is 1. The Hall–Kier alpha value is -2.40. The van der Waals surface area contributed by atoms with Crippen molar-refractivity contribution in [1.29, 1.82) is 0 Å². The lowest BCUT2D eigenvalue weighted by molar-refractivity contribution is -0.137. The van der Waals surface area contributed by atoms with E-state index in [0.29, 0.717) is 41.2 Å². The number of hydrogen-bond donors (Lipinski definition) is 4. The van der Waals surface area contributed by atoms with Crippen LogP contribution in [0.15, 0.2) is 34.1 Å². The van der Waals surface area contributed by atoms with Crippen LogP contribution in [0.1, 0.15) is 45.1 Å². The third-order valence-corrected chi connectivity index (χ3v) is 8.32. The van der Waals surface area contributed by atoms with Crippen LogP contribution in [0, 0.1) is 0 Å². The number of aliphatic carboxylic acids is 1. The molecule has 9 nitrogen and oxygen atoms in total. The third kappa shape index (κ3) is 5.14. The Morgan fingerprint density at radius 3 is 2.71 bits per heavy atom. The summed E-state index contributed by atoms with van der Waals surface area (Å²) < 4.78 is 28.8. The Bertz CT molecular complexity index is 1340. The molecule has 0 aliphatic carbocycles. The second kappa shape index (κ2) is 10.5. The highest BCUT2D eigenvalue weighted by molar-refractivity contribution is 7.89. The molecule has 3 heterocycles. The molecule has 0 spiro atoms. The van der Waals surface area contributed by atoms with Gasteiger partial charge in [-0.1, -0.05) is 0 Å². The standard InChI is InChI=1S/C23H30N4O5S.ClH/c1-14(2)27(13-16-6-4-10-24-16)33(31,32)17-8-9-19-18(11-17)21-15(5-3-7-20(28)29)12-25-22(21)23(30)26-19;/h8-9,11-12,14,16,24-25H,3-7,10,13H2,1-2H3,(H,26,30)(H,28,29);1H/t16-;/m0./s1. The third-order valence-electron chi connectivity index (χ3n) is 6.28. The number of carboxylic acid groups (broad SMARTS) is 1. The van der Waals surface area contributed by atoms with Crippen LogP contribution in [0.25, 0.3) is 21.8 Å². The molecule has 0 radical (unpaired) electrons. The fourth-order valence-corrected chi connectivity index (χ4v) is 6.32. The zero-order chi connectivity index (χ0) is 23.8. The molecule has 3 aromatic rings. The molecule has 186 valence electrons. The number of carbonyl (C=O) groups is 1. The van der Waals surface area contributed by atoms with E-state index in [1.54, 1.807) is 18.3 Å². The van der Waals surface area contributed by atoms with Crippen LogP contribution in [0.2, 0.25) is 0 Å². The van der Waals surface area contributed by atoms with Crippen LogP contribution in [0.3, 0.4) is 0 Å². The number of sulfonamides is 1. The quantitative estimate of drug-likeness (QED) is 0.349. The van der Waals surface area contributed by atoms with Crippen molar-refractivity contribution in [2.75, 3.05) is 13.1 Å². The predicted octanol–water partition coefficient (Wildman–Crippen LogP) is 2.99. The van der Waals surface area contributed by atoms with E-state index >= 15 is 0 Å². The van der Waals surface area contributed by atoms with E-state index in [-0.39, 0.29) is 41.4 Å². The first-order valence-electron chi connectivity index (χ1n) is 11.3. The van der Waals surface area contributed by atoms with Crippen LogP contribution in [0.4, 0.5) is 0 Å². The predicted molar refractivity (Wildman–Crippen MR) is 134 cm³/mol. The zero-order valence-corrected chi connectivity index (χ0v) is 20.9. The molecular formula is C23H31ClN4O5S. The number of nitrogens with zero attached hydrogens (tertiary/aromatic N) is 1. The fraction of sp³-hybridized carbons (Fsp3) is 0.478. The Morgan fingerprint density at radius 1 is 1.29 bits per heavy atom. The van der Waals surface area contributed by atoms with Gasteiger partial charge in [-0.2, -0.15) is 4.31 Å². The molecule has 1 aromatic carbocycles. The number of hydrogen-bond acceptors (Lipinski definition) is 5. The number of carboxylic acids is 1. The number of pyridine rings is 1.